The molecule has 1 aliphatic carbocycles. The van der Waals surface area contributed by atoms with Gasteiger partial charge in [-0.2, -0.15) is 0 Å². The van der Waals surface area contributed by atoms with E-state index in [1.807, 2.05) is 6.07 Å². The molecular formula is C20H32N4O. The van der Waals surface area contributed by atoms with Crippen molar-refractivity contribution in [3.8, 4) is 0 Å². The second-order valence-electron chi connectivity index (χ2n) is 7.33. The number of benzene rings is 1. The molecule has 5 nitrogen and oxygen atoms in total. The van der Waals surface area contributed by atoms with Gasteiger partial charge in [0.2, 0.25) is 0 Å². The second-order valence-corrected chi connectivity index (χ2v) is 7.33. The molecule has 2 amide bonds. The highest BCUT2D eigenvalue weighted by molar-refractivity contribution is 5.74. The van der Waals surface area contributed by atoms with Crippen LogP contribution in [0.2, 0.25) is 0 Å². The van der Waals surface area contributed by atoms with Gasteiger partial charge in [-0.3, -0.25) is 4.90 Å². The van der Waals surface area contributed by atoms with Crippen molar-refractivity contribution in [3.05, 3.63) is 35.9 Å². The second kappa shape index (κ2) is 9.78. The molecule has 1 aliphatic heterocycles. The molecule has 1 saturated heterocycles. The van der Waals surface area contributed by atoms with Crippen molar-refractivity contribution in [2.45, 2.75) is 38.1 Å². The number of nitrogens with zero attached hydrogens (tertiary/aromatic N) is 1. The van der Waals surface area contributed by atoms with Gasteiger partial charge in [0.15, 0.2) is 0 Å². The Labute approximate surface area is 151 Å². The lowest BCUT2D eigenvalue weighted by molar-refractivity contribution is 0.220. The Balaban J connectivity index is 1.46. The maximum Gasteiger partial charge on any atom is 0.315 e. The summed E-state index contributed by atoms with van der Waals surface area (Å²) in [5.41, 5.74) is 1.31. The van der Waals surface area contributed by atoms with Crippen LogP contribution in [0.4, 0.5) is 4.79 Å². The van der Waals surface area contributed by atoms with Crippen LogP contribution in [0.25, 0.3) is 0 Å². The summed E-state index contributed by atoms with van der Waals surface area (Å²) in [6, 6.07) is 10.7. The van der Waals surface area contributed by atoms with Gasteiger partial charge in [-0.1, -0.05) is 43.2 Å². The Kier molecular flexibility index (Phi) is 7.12. The molecule has 1 atom stereocenters. The first-order valence-corrected chi connectivity index (χ1v) is 9.82. The summed E-state index contributed by atoms with van der Waals surface area (Å²) in [4.78, 5) is 14.8. The molecule has 1 heterocycles. The van der Waals surface area contributed by atoms with Crippen LogP contribution in [0, 0.1) is 5.92 Å². The van der Waals surface area contributed by atoms with E-state index in [0.717, 1.165) is 39.1 Å². The molecule has 25 heavy (non-hydrogen) atoms. The van der Waals surface area contributed by atoms with Gasteiger partial charge >= 0.3 is 6.03 Å². The lowest BCUT2D eigenvalue weighted by Crippen LogP contribution is -2.49. The van der Waals surface area contributed by atoms with E-state index >= 15 is 0 Å². The third-order valence-electron chi connectivity index (χ3n) is 5.51. The van der Waals surface area contributed by atoms with E-state index in [4.69, 9.17) is 0 Å². The van der Waals surface area contributed by atoms with Crippen LogP contribution in [0.3, 0.4) is 0 Å². The highest BCUT2D eigenvalue weighted by atomic mass is 16.2. The number of rotatable bonds is 7. The van der Waals surface area contributed by atoms with Crippen LogP contribution in [0.15, 0.2) is 30.3 Å². The summed E-state index contributed by atoms with van der Waals surface area (Å²) >= 11 is 0. The van der Waals surface area contributed by atoms with E-state index < -0.39 is 0 Å². The van der Waals surface area contributed by atoms with Crippen molar-refractivity contribution in [1.29, 1.82) is 0 Å². The van der Waals surface area contributed by atoms with Gasteiger partial charge in [0.05, 0.1) is 0 Å². The van der Waals surface area contributed by atoms with Crippen molar-refractivity contribution in [2.75, 3.05) is 39.3 Å². The van der Waals surface area contributed by atoms with Crippen LogP contribution in [-0.4, -0.2) is 56.2 Å². The molecule has 1 saturated carbocycles. The molecule has 0 radical (unpaired) electrons. The standard InChI is InChI=1S/C20H32N4O/c25-20(22-12-15-24-13-10-21-11-14-24)23-19(18-8-4-5-9-18)16-17-6-2-1-3-7-17/h1-3,6-7,18-19,21H,4-5,8-16H2,(H2,22,23,25). The molecule has 3 N–H and O–H groups in total. The molecule has 0 bridgehead atoms. The summed E-state index contributed by atoms with van der Waals surface area (Å²) in [6.45, 7) is 5.89. The molecule has 3 rings (SSSR count). The predicted molar refractivity (Wildman–Crippen MR) is 102 cm³/mol. The van der Waals surface area contributed by atoms with Crippen LogP contribution in [-0.2, 0) is 6.42 Å². The highest BCUT2D eigenvalue weighted by Gasteiger charge is 2.26. The van der Waals surface area contributed by atoms with E-state index in [9.17, 15) is 4.79 Å². The first-order chi connectivity index (χ1) is 12.3. The molecule has 2 fully saturated rings. The van der Waals surface area contributed by atoms with E-state index in [1.54, 1.807) is 0 Å². The van der Waals surface area contributed by atoms with Gasteiger partial charge < -0.3 is 16.0 Å². The topological polar surface area (TPSA) is 56.4 Å². The Morgan fingerprint density at radius 3 is 2.60 bits per heavy atom. The van der Waals surface area contributed by atoms with E-state index in [-0.39, 0.29) is 12.1 Å². The number of amides is 2. The number of hydrogen-bond donors (Lipinski definition) is 3. The number of piperazine rings is 1. The van der Waals surface area contributed by atoms with Gasteiger partial charge in [0.25, 0.3) is 0 Å². The largest absolute Gasteiger partial charge is 0.337 e. The molecule has 1 aromatic rings. The number of carbonyl (C=O) groups excluding carboxylic acids is 1. The molecule has 5 heteroatoms. The van der Waals surface area contributed by atoms with E-state index in [2.05, 4.69) is 45.1 Å². The zero-order valence-corrected chi connectivity index (χ0v) is 15.2. The Bertz CT molecular complexity index is 510. The zero-order chi connectivity index (χ0) is 17.3. The number of nitrogens with one attached hydrogen (secondary N) is 3. The lowest BCUT2D eigenvalue weighted by atomic mass is 9.92. The summed E-state index contributed by atoms with van der Waals surface area (Å²) in [6.07, 6.45) is 5.98. The van der Waals surface area contributed by atoms with E-state index in [0.29, 0.717) is 12.5 Å². The number of carbonyl (C=O) groups is 1. The minimum Gasteiger partial charge on any atom is -0.337 e. The van der Waals surface area contributed by atoms with Crippen molar-refractivity contribution in [2.24, 2.45) is 5.92 Å². The average molecular weight is 345 g/mol. The predicted octanol–water partition coefficient (Wildman–Crippen LogP) is 1.99. The SMILES string of the molecule is O=C(NCCN1CCNCC1)NC(Cc1ccccc1)C1CCCC1. The van der Waals surface area contributed by atoms with Crippen LogP contribution >= 0.6 is 0 Å². The van der Waals surface area contributed by atoms with Gasteiger partial charge in [-0.05, 0) is 30.7 Å². The summed E-state index contributed by atoms with van der Waals surface area (Å²) in [5.74, 6) is 0.610. The fraction of sp³-hybridized carbons (Fsp3) is 0.650. The summed E-state index contributed by atoms with van der Waals surface area (Å²) in [5, 5.41) is 9.67. The number of hydrogen-bond acceptors (Lipinski definition) is 3. The molecule has 2 aliphatic rings. The quantitative estimate of drug-likeness (QED) is 0.709. The molecule has 0 spiro atoms. The van der Waals surface area contributed by atoms with Gasteiger partial charge in [-0.25, -0.2) is 4.79 Å². The maximum absolute atomic E-state index is 12.4. The third-order valence-corrected chi connectivity index (χ3v) is 5.51. The normalized spacial score (nSPS) is 20.3. The lowest BCUT2D eigenvalue weighted by Gasteiger charge is -2.28. The highest BCUT2D eigenvalue weighted by Crippen LogP contribution is 2.29. The minimum atomic E-state index is -0.0111. The molecule has 0 aromatic heterocycles. The van der Waals surface area contributed by atoms with Crippen molar-refractivity contribution < 1.29 is 4.79 Å². The zero-order valence-electron chi connectivity index (χ0n) is 15.2. The van der Waals surface area contributed by atoms with Gasteiger partial charge in [-0.15, -0.1) is 0 Å². The first kappa shape index (κ1) is 18.2. The Morgan fingerprint density at radius 2 is 1.88 bits per heavy atom. The van der Waals surface area contributed by atoms with Crippen molar-refractivity contribution in [1.82, 2.24) is 20.9 Å². The fourth-order valence-electron chi connectivity index (χ4n) is 4.05. The first-order valence-electron chi connectivity index (χ1n) is 9.82. The average Bonchev–Trinajstić information content (AvgIpc) is 3.18. The third kappa shape index (κ3) is 6.01. The van der Waals surface area contributed by atoms with Crippen LogP contribution in [0.5, 0.6) is 0 Å². The van der Waals surface area contributed by atoms with Crippen molar-refractivity contribution >= 4 is 6.03 Å². The minimum absolute atomic E-state index is 0.0111. The fourth-order valence-corrected chi connectivity index (χ4v) is 4.05. The smallest absolute Gasteiger partial charge is 0.315 e. The van der Waals surface area contributed by atoms with Crippen LogP contribution in [0.1, 0.15) is 31.2 Å². The van der Waals surface area contributed by atoms with Crippen LogP contribution < -0.4 is 16.0 Å². The van der Waals surface area contributed by atoms with E-state index in [1.165, 1.54) is 31.2 Å². The molecule has 1 aromatic carbocycles. The summed E-state index contributed by atoms with van der Waals surface area (Å²) in [7, 11) is 0. The molecule has 138 valence electrons. The van der Waals surface area contributed by atoms with Gasteiger partial charge in [0.1, 0.15) is 0 Å². The molecule has 1 unspecified atom stereocenters. The Hall–Kier alpha value is -1.59. The molecular weight excluding hydrogens is 312 g/mol. The summed E-state index contributed by atoms with van der Waals surface area (Å²) < 4.78 is 0. The Morgan fingerprint density at radius 1 is 1.16 bits per heavy atom. The van der Waals surface area contributed by atoms with Gasteiger partial charge in [0, 0.05) is 45.3 Å². The van der Waals surface area contributed by atoms with Crippen molar-refractivity contribution in [3.63, 3.8) is 0 Å². The monoisotopic (exact) mass is 344 g/mol. The maximum atomic E-state index is 12.4. The number of urea groups is 1.